The summed E-state index contributed by atoms with van der Waals surface area (Å²) < 4.78 is 0. The first kappa shape index (κ1) is 19.4. The lowest BCUT2D eigenvalue weighted by Crippen LogP contribution is -2.49. The van der Waals surface area contributed by atoms with Gasteiger partial charge in [-0.1, -0.05) is 37.1 Å². The fraction of sp³-hybridized carbons (Fsp3) is 0.789. The second kappa shape index (κ2) is 9.49. The van der Waals surface area contributed by atoms with Crippen molar-refractivity contribution < 1.29 is 5.11 Å². The minimum Gasteiger partial charge on any atom is -0.396 e. The van der Waals surface area contributed by atoms with Gasteiger partial charge < -0.3 is 10.0 Å². The Balaban J connectivity index is 2.26. The van der Waals surface area contributed by atoms with Gasteiger partial charge in [0.15, 0.2) is 0 Å². The van der Waals surface area contributed by atoms with E-state index in [4.69, 9.17) is 0 Å². The fourth-order valence-corrected chi connectivity index (χ4v) is 2.76. The summed E-state index contributed by atoms with van der Waals surface area (Å²) in [5.74, 6) is 0. The van der Waals surface area contributed by atoms with Crippen molar-refractivity contribution in [3.63, 3.8) is 0 Å². The second-order valence-corrected chi connectivity index (χ2v) is 7.77. The lowest BCUT2D eigenvalue weighted by Gasteiger charge is -2.38. The molecule has 0 amide bonds. The van der Waals surface area contributed by atoms with Crippen molar-refractivity contribution in [2.45, 2.75) is 47.5 Å². The van der Waals surface area contributed by atoms with Gasteiger partial charge in [0.2, 0.25) is 0 Å². The van der Waals surface area contributed by atoms with E-state index in [-0.39, 0.29) is 12.0 Å². The highest BCUT2D eigenvalue weighted by Crippen LogP contribution is 2.17. The SMILES string of the molecule is CC(C)=CCC/C(C)=C/CN1CCN(CC(C)(C)CO)CC1. The summed E-state index contributed by atoms with van der Waals surface area (Å²) in [5, 5.41) is 9.38. The number of hydrogen-bond acceptors (Lipinski definition) is 3. The first-order chi connectivity index (χ1) is 10.3. The molecule has 0 bridgehead atoms. The Kier molecular flexibility index (Phi) is 8.37. The maximum atomic E-state index is 9.38. The van der Waals surface area contributed by atoms with Crippen LogP contribution >= 0.6 is 0 Å². The molecule has 0 saturated carbocycles. The van der Waals surface area contributed by atoms with E-state index in [1.165, 1.54) is 17.6 Å². The van der Waals surface area contributed by atoms with Gasteiger partial charge in [0, 0.05) is 51.3 Å². The molecule has 1 heterocycles. The topological polar surface area (TPSA) is 26.7 Å². The Labute approximate surface area is 137 Å². The van der Waals surface area contributed by atoms with Crippen LogP contribution in [0.2, 0.25) is 0 Å². The first-order valence-electron chi connectivity index (χ1n) is 8.67. The van der Waals surface area contributed by atoms with E-state index in [9.17, 15) is 5.11 Å². The molecule has 1 fully saturated rings. The number of nitrogens with zero attached hydrogens (tertiary/aromatic N) is 2. The van der Waals surface area contributed by atoms with Crippen molar-refractivity contribution in [3.05, 3.63) is 23.3 Å². The smallest absolute Gasteiger partial charge is 0.0494 e. The Bertz CT molecular complexity index is 373. The molecule has 1 N–H and O–H groups in total. The van der Waals surface area contributed by atoms with E-state index in [0.717, 1.165) is 45.7 Å². The number of aliphatic hydroxyl groups is 1. The lowest BCUT2D eigenvalue weighted by atomic mass is 9.94. The van der Waals surface area contributed by atoms with E-state index < -0.39 is 0 Å². The first-order valence-corrected chi connectivity index (χ1v) is 8.67. The second-order valence-electron chi connectivity index (χ2n) is 7.77. The Hall–Kier alpha value is -0.640. The van der Waals surface area contributed by atoms with Gasteiger partial charge in [0.25, 0.3) is 0 Å². The number of piperazine rings is 1. The Morgan fingerprint density at radius 2 is 1.59 bits per heavy atom. The Morgan fingerprint density at radius 3 is 2.14 bits per heavy atom. The number of allylic oxidation sites excluding steroid dienone is 3. The highest BCUT2D eigenvalue weighted by Gasteiger charge is 2.23. The number of aliphatic hydroxyl groups excluding tert-OH is 1. The monoisotopic (exact) mass is 308 g/mol. The van der Waals surface area contributed by atoms with Crippen molar-refractivity contribution in [1.29, 1.82) is 0 Å². The summed E-state index contributed by atoms with van der Waals surface area (Å²) >= 11 is 0. The number of rotatable bonds is 8. The molecule has 0 aromatic heterocycles. The maximum absolute atomic E-state index is 9.38. The van der Waals surface area contributed by atoms with Crippen molar-refractivity contribution in [2.24, 2.45) is 5.41 Å². The molecule has 0 aromatic carbocycles. The van der Waals surface area contributed by atoms with Gasteiger partial charge in [0.05, 0.1) is 0 Å². The lowest BCUT2D eigenvalue weighted by molar-refractivity contribution is 0.0696. The van der Waals surface area contributed by atoms with E-state index in [1.807, 2.05) is 0 Å². The van der Waals surface area contributed by atoms with Gasteiger partial charge in [-0.05, 0) is 33.6 Å². The summed E-state index contributed by atoms with van der Waals surface area (Å²) in [4.78, 5) is 5.02. The van der Waals surface area contributed by atoms with Crippen LogP contribution in [0.25, 0.3) is 0 Å². The summed E-state index contributed by atoms with van der Waals surface area (Å²) in [6, 6.07) is 0. The molecule has 0 spiro atoms. The fourth-order valence-electron chi connectivity index (χ4n) is 2.76. The molecule has 0 unspecified atom stereocenters. The highest BCUT2D eigenvalue weighted by molar-refractivity contribution is 5.03. The van der Waals surface area contributed by atoms with Crippen LogP contribution in [-0.4, -0.2) is 60.8 Å². The summed E-state index contributed by atoms with van der Waals surface area (Å²) in [6.45, 7) is 17.7. The maximum Gasteiger partial charge on any atom is 0.0494 e. The Morgan fingerprint density at radius 1 is 1.00 bits per heavy atom. The van der Waals surface area contributed by atoms with Crippen LogP contribution in [0.4, 0.5) is 0 Å². The third kappa shape index (κ3) is 8.11. The molecule has 128 valence electrons. The predicted octanol–water partition coefficient (Wildman–Crippen LogP) is 3.32. The van der Waals surface area contributed by atoms with Gasteiger partial charge >= 0.3 is 0 Å². The van der Waals surface area contributed by atoms with Gasteiger partial charge in [-0.25, -0.2) is 0 Å². The number of hydrogen-bond donors (Lipinski definition) is 1. The third-order valence-corrected chi connectivity index (χ3v) is 4.33. The largest absolute Gasteiger partial charge is 0.396 e. The zero-order valence-corrected chi connectivity index (χ0v) is 15.4. The zero-order chi connectivity index (χ0) is 16.6. The van der Waals surface area contributed by atoms with Crippen LogP contribution in [0.15, 0.2) is 23.3 Å². The van der Waals surface area contributed by atoms with Crippen molar-refractivity contribution in [3.8, 4) is 0 Å². The predicted molar refractivity (Wildman–Crippen MR) is 96.2 cm³/mol. The highest BCUT2D eigenvalue weighted by atomic mass is 16.3. The van der Waals surface area contributed by atoms with Crippen molar-refractivity contribution in [2.75, 3.05) is 45.9 Å². The molecular formula is C19H36N2O. The van der Waals surface area contributed by atoms with E-state index in [1.54, 1.807) is 0 Å². The molecule has 0 aliphatic carbocycles. The van der Waals surface area contributed by atoms with Crippen molar-refractivity contribution >= 4 is 0 Å². The van der Waals surface area contributed by atoms with Crippen LogP contribution in [0, 0.1) is 5.41 Å². The molecule has 0 radical (unpaired) electrons. The molecule has 22 heavy (non-hydrogen) atoms. The molecule has 0 atom stereocenters. The average Bonchev–Trinajstić information content (AvgIpc) is 2.46. The van der Waals surface area contributed by atoms with Crippen LogP contribution < -0.4 is 0 Å². The molecule has 3 nitrogen and oxygen atoms in total. The van der Waals surface area contributed by atoms with Gasteiger partial charge in [-0.3, -0.25) is 4.90 Å². The molecule has 0 aromatic rings. The standard InChI is InChI=1S/C19H36N2O/c1-17(2)7-6-8-18(3)9-10-20-11-13-21(14-12-20)15-19(4,5)16-22/h7,9,22H,6,8,10-16H2,1-5H3/b18-9+. The van der Waals surface area contributed by atoms with Crippen LogP contribution in [0.3, 0.4) is 0 Å². The zero-order valence-electron chi connectivity index (χ0n) is 15.4. The quantitative estimate of drug-likeness (QED) is 0.697. The third-order valence-electron chi connectivity index (χ3n) is 4.33. The summed E-state index contributed by atoms with van der Waals surface area (Å²) in [7, 11) is 0. The summed E-state index contributed by atoms with van der Waals surface area (Å²) in [6.07, 6.45) is 7.05. The molecule has 1 rings (SSSR count). The van der Waals surface area contributed by atoms with E-state index in [0.29, 0.717) is 0 Å². The van der Waals surface area contributed by atoms with E-state index >= 15 is 0 Å². The molecule has 1 aliphatic heterocycles. The van der Waals surface area contributed by atoms with Crippen molar-refractivity contribution in [1.82, 2.24) is 9.80 Å². The van der Waals surface area contributed by atoms with Crippen LogP contribution in [-0.2, 0) is 0 Å². The summed E-state index contributed by atoms with van der Waals surface area (Å²) in [5.41, 5.74) is 2.93. The van der Waals surface area contributed by atoms with Gasteiger partial charge in [-0.15, -0.1) is 0 Å². The minimum absolute atomic E-state index is 0.0174. The molecule has 3 heteroatoms. The molecular weight excluding hydrogens is 272 g/mol. The average molecular weight is 309 g/mol. The minimum atomic E-state index is 0.0174. The normalized spacial score (nSPS) is 18.5. The van der Waals surface area contributed by atoms with Gasteiger partial charge in [0.1, 0.15) is 0 Å². The van der Waals surface area contributed by atoms with Gasteiger partial charge in [-0.2, -0.15) is 0 Å². The van der Waals surface area contributed by atoms with Crippen LogP contribution in [0.5, 0.6) is 0 Å². The van der Waals surface area contributed by atoms with E-state index in [2.05, 4.69) is 56.6 Å². The van der Waals surface area contributed by atoms with Crippen LogP contribution in [0.1, 0.15) is 47.5 Å². The molecule has 1 saturated heterocycles. The molecule has 1 aliphatic rings.